The zero-order valence-electron chi connectivity index (χ0n) is 12.6. The van der Waals surface area contributed by atoms with E-state index in [0.29, 0.717) is 21.6 Å². The Bertz CT molecular complexity index is 1060. The lowest BCUT2D eigenvalue weighted by Crippen LogP contribution is -2.04. The van der Waals surface area contributed by atoms with Crippen LogP contribution in [0.25, 0.3) is 20.5 Å². The molecule has 3 heterocycles. The smallest absolute Gasteiger partial charge is 0.357 e. The molecule has 6 nitrogen and oxygen atoms in total. The molecule has 25 heavy (non-hydrogen) atoms. The molecule has 0 unspecified atom stereocenters. The van der Waals surface area contributed by atoms with Crippen LogP contribution in [-0.2, 0) is 0 Å². The highest BCUT2D eigenvalue weighted by molar-refractivity contribution is 7.22. The third-order valence-corrected chi connectivity index (χ3v) is 4.76. The summed E-state index contributed by atoms with van der Waals surface area (Å²) in [7, 11) is 0. The second-order valence-electron chi connectivity index (χ2n) is 5.20. The average molecular weight is 355 g/mol. The van der Waals surface area contributed by atoms with E-state index in [-0.39, 0.29) is 11.5 Å². The van der Waals surface area contributed by atoms with E-state index in [1.54, 1.807) is 18.2 Å². The number of hydrogen-bond donors (Lipinski definition) is 2. The molecule has 0 saturated heterocycles. The molecule has 124 valence electrons. The van der Waals surface area contributed by atoms with Crippen LogP contribution in [0.4, 0.5) is 15.9 Å². The summed E-state index contributed by atoms with van der Waals surface area (Å²) in [6.07, 6.45) is 3.02. The number of halogens is 1. The van der Waals surface area contributed by atoms with Gasteiger partial charge in [0.05, 0.1) is 16.7 Å². The van der Waals surface area contributed by atoms with Crippen molar-refractivity contribution in [3.8, 4) is 10.4 Å². The van der Waals surface area contributed by atoms with E-state index in [1.165, 1.54) is 36.0 Å². The van der Waals surface area contributed by atoms with E-state index in [1.807, 2.05) is 6.07 Å². The fraction of sp³-hybridized carbons (Fsp3) is 0. The number of carboxylic acid groups (broad SMARTS) is 1. The lowest BCUT2D eigenvalue weighted by atomic mass is 10.1. The third-order valence-electron chi connectivity index (χ3n) is 3.57. The predicted molar refractivity (Wildman–Crippen MR) is 91.8 cm³/mol. The van der Waals surface area contributed by atoms with Gasteiger partial charge in [-0.3, -0.25) is 0 Å². The molecule has 0 saturated carbocycles. The summed E-state index contributed by atoms with van der Waals surface area (Å²) >= 11 is 1.27. The molecular formula is C17H10FN3O3S. The van der Waals surface area contributed by atoms with Gasteiger partial charge >= 0.3 is 5.97 Å². The van der Waals surface area contributed by atoms with Gasteiger partial charge in [0.2, 0.25) is 0 Å². The Kier molecular flexibility index (Phi) is 3.66. The Labute approximate surface area is 144 Å². The molecule has 3 aromatic heterocycles. The van der Waals surface area contributed by atoms with Crippen LogP contribution < -0.4 is 5.32 Å². The molecule has 4 rings (SSSR count). The van der Waals surface area contributed by atoms with Crippen molar-refractivity contribution in [1.29, 1.82) is 0 Å². The maximum Gasteiger partial charge on any atom is 0.357 e. The summed E-state index contributed by atoms with van der Waals surface area (Å²) in [5.41, 5.74) is 1.34. The number of rotatable bonds is 4. The number of aromatic nitrogens is 2. The summed E-state index contributed by atoms with van der Waals surface area (Å²) in [5, 5.41) is 20.8. The molecule has 0 atom stereocenters. The first-order chi connectivity index (χ1) is 12.1. The van der Waals surface area contributed by atoms with Gasteiger partial charge in [-0.05, 0) is 29.8 Å². The maximum absolute atomic E-state index is 13.1. The van der Waals surface area contributed by atoms with Crippen molar-refractivity contribution in [3.05, 3.63) is 60.4 Å². The second kappa shape index (κ2) is 5.99. The van der Waals surface area contributed by atoms with Crippen LogP contribution in [-0.4, -0.2) is 21.3 Å². The normalized spacial score (nSPS) is 10.9. The summed E-state index contributed by atoms with van der Waals surface area (Å²) < 4.78 is 18.6. The molecule has 4 aromatic rings. The molecule has 0 bridgehead atoms. The van der Waals surface area contributed by atoms with Crippen molar-refractivity contribution in [2.75, 3.05) is 5.32 Å². The van der Waals surface area contributed by atoms with Crippen LogP contribution in [0.5, 0.6) is 0 Å². The Hall–Kier alpha value is -3.26. The second-order valence-corrected chi connectivity index (χ2v) is 6.25. The Morgan fingerprint density at radius 3 is 2.68 bits per heavy atom. The van der Waals surface area contributed by atoms with Crippen LogP contribution in [0.1, 0.15) is 10.5 Å². The minimum absolute atomic E-state index is 0.119. The average Bonchev–Trinajstić information content (AvgIpc) is 3.25. The zero-order chi connectivity index (χ0) is 17.4. The van der Waals surface area contributed by atoms with Crippen molar-refractivity contribution in [1.82, 2.24) is 10.2 Å². The van der Waals surface area contributed by atoms with E-state index in [0.717, 1.165) is 10.4 Å². The van der Waals surface area contributed by atoms with Crippen LogP contribution in [0.15, 0.2) is 53.3 Å². The molecule has 0 spiro atoms. The molecule has 0 aliphatic carbocycles. The number of furan rings is 1. The third kappa shape index (κ3) is 2.83. The molecule has 0 amide bonds. The highest BCUT2D eigenvalue weighted by atomic mass is 32.1. The van der Waals surface area contributed by atoms with Crippen molar-refractivity contribution in [3.63, 3.8) is 0 Å². The number of nitrogens with one attached hydrogen (secondary N) is 1. The molecule has 1 aromatic carbocycles. The lowest BCUT2D eigenvalue weighted by Gasteiger charge is -2.04. The lowest BCUT2D eigenvalue weighted by molar-refractivity contribution is 0.0692. The minimum Gasteiger partial charge on any atom is -0.476 e. The molecule has 0 radical (unpaired) electrons. The zero-order valence-corrected chi connectivity index (χ0v) is 13.4. The molecule has 0 aliphatic rings. The van der Waals surface area contributed by atoms with Gasteiger partial charge in [-0.2, -0.15) is 0 Å². The first-order valence-corrected chi connectivity index (χ1v) is 8.02. The van der Waals surface area contributed by atoms with Gasteiger partial charge in [-0.25, -0.2) is 9.18 Å². The van der Waals surface area contributed by atoms with Gasteiger partial charge in [0, 0.05) is 10.3 Å². The first kappa shape index (κ1) is 15.3. The number of carboxylic acids is 1. The number of anilines is 2. The minimum atomic E-state index is -1.15. The SMILES string of the molecule is O=C(O)c1nnc(Nc2ccoc2)c2cc(-c3ccc(F)cc3)sc12. The highest BCUT2D eigenvalue weighted by Gasteiger charge is 2.19. The van der Waals surface area contributed by atoms with E-state index < -0.39 is 5.97 Å². The van der Waals surface area contributed by atoms with Gasteiger partial charge in [0.25, 0.3) is 0 Å². The quantitative estimate of drug-likeness (QED) is 0.559. The number of aromatic carboxylic acids is 1. The van der Waals surface area contributed by atoms with Gasteiger partial charge in [0.1, 0.15) is 12.1 Å². The predicted octanol–water partition coefficient (Wildman–Crippen LogP) is 4.53. The van der Waals surface area contributed by atoms with E-state index >= 15 is 0 Å². The summed E-state index contributed by atoms with van der Waals surface area (Å²) in [6, 6.07) is 9.54. The van der Waals surface area contributed by atoms with E-state index in [4.69, 9.17) is 4.42 Å². The topological polar surface area (TPSA) is 88.2 Å². The molecular weight excluding hydrogens is 345 g/mol. The Balaban J connectivity index is 1.88. The van der Waals surface area contributed by atoms with Gasteiger partial charge in [-0.1, -0.05) is 12.1 Å². The number of carbonyl (C=O) groups is 1. The van der Waals surface area contributed by atoms with Crippen molar-refractivity contribution >= 4 is 38.9 Å². The van der Waals surface area contributed by atoms with Crippen molar-refractivity contribution < 1.29 is 18.7 Å². The summed E-state index contributed by atoms with van der Waals surface area (Å²) in [5.74, 6) is -1.06. The largest absolute Gasteiger partial charge is 0.476 e. The first-order valence-electron chi connectivity index (χ1n) is 7.20. The van der Waals surface area contributed by atoms with Gasteiger partial charge in [-0.15, -0.1) is 21.5 Å². The number of thiophene rings is 1. The maximum atomic E-state index is 13.1. The fourth-order valence-corrected chi connectivity index (χ4v) is 3.54. The number of hydrogen-bond acceptors (Lipinski definition) is 6. The van der Waals surface area contributed by atoms with Gasteiger partial charge < -0.3 is 14.8 Å². The molecule has 0 fully saturated rings. The van der Waals surface area contributed by atoms with Crippen LogP contribution in [0.2, 0.25) is 0 Å². The monoisotopic (exact) mass is 355 g/mol. The number of benzene rings is 1. The fourth-order valence-electron chi connectivity index (χ4n) is 2.40. The summed E-state index contributed by atoms with van der Waals surface area (Å²) in [4.78, 5) is 12.2. The molecule has 0 aliphatic heterocycles. The van der Waals surface area contributed by atoms with E-state index in [2.05, 4.69) is 15.5 Å². The van der Waals surface area contributed by atoms with Crippen LogP contribution in [0.3, 0.4) is 0 Å². The number of nitrogens with zero attached hydrogens (tertiary/aromatic N) is 2. The Morgan fingerprint density at radius 1 is 1.20 bits per heavy atom. The van der Waals surface area contributed by atoms with Crippen LogP contribution >= 0.6 is 11.3 Å². The Morgan fingerprint density at radius 2 is 2.00 bits per heavy atom. The number of fused-ring (bicyclic) bond motifs is 1. The standard InChI is InChI=1S/C17H10FN3O3S/c18-10-3-1-9(2-4-10)13-7-12-15(25-13)14(17(22)23)20-21-16(12)19-11-5-6-24-8-11/h1-8H,(H,19,21)(H,22,23). The van der Waals surface area contributed by atoms with Crippen molar-refractivity contribution in [2.24, 2.45) is 0 Å². The highest BCUT2D eigenvalue weighted by Crippen LogP contribution is 2.38. The van der Waals surface area contributed by atoms with Crippen LogP contribution in [0, 0.1) is 5.82 Å². The molecule has 2 N–H and O–H groups in total. The van der Waals surface area contributed by atoms with E-state index in [9.17, 15) is 14.3 Å². The molecule has 8 heteroatoms. The summed E-state index contributed by atoms with van der Waals surface area (Å²) in [6.45, 7) is 0. The van der Waals surface area contributed by atoms with Gasteiger partial charge in [0.15, 0.2) is 11.5 Å². The van der Waals surface area contributed by atoms with Crippen molar-refractivity contribution in [2.45, 2.75) is 0 Å².